The van der Waals surface area contributed by atoms with E-state index >= 15 is 0 Å². The molecule has 1 aromatic carbocycles. The Labute approximate surface area is 182 Å². The third-order valence-electron chi connectivity index (χ3n) is 5.15. The third kappa shape index (κ3) is 3.96. The lowest BCUT2D eigenvalue weighted by atomic mass is 9.99. The number of ether oxygens (including phenoxy) is 1. The first-order valence-corrected chi connectivity index (χ1v) is 10.5. The summed E-state index contributed by atoms with van der Waals surface area (Å²) in [7, 11) is 1.34. The molecule has 160 valence electrons. The number of aromatic nitrogens is 2. The van der Waals surface area contributed by atoms with Gasteiger partial charge in [0.05, 0.1) is 25.1 Å². The van der Waals surface area contributed by atoms with Gasteiger partial charge in [-0.25, -0.2) is 9.37 Å². The first kappa shape index (κ1) is 20.8. The minimum absolute atomic E-state index is 0.0197. The van der Waals surface area contributed by atoms with Gasteiger partial charge in [0.1, 0.15) is 5.76 Å². The van der Waals surface area contributed by atoms with Gasteiger partial charge in [-0.05, 0) is 36.1 Å². The van der Waals surface area contributed by atoms with Crippen LogP contribution in [0.4, 0.5) is 4.39 Å². The molecule has 0 saturated carbocycles. The Hall–Kier alpha value is -3.46. The lowest BCUT2D eigenvalue weighted by molar-refractivity contribution is -0.139. The lowest BCUT2D eigenvalue weighted by Crippen LogP contribution is -2.31. The molecule has 1 atom stereocenters. The van der Waals surface area contributed by atoms with Crippen LogP contribution in [0.15, 0.2) is 60.0 Å². The van der Waals surface area contributed by atoms with E-state index in [9.17, 15) is 19.1 Å². The normalized spacial score (nSPS) is 18.0. The van der Waals surface area contributed by atoms with E-state index in [1.54, 1.807) is 12.5 Å². The van der Waals surface area contributed by atoms with Crippen molar-refractivity contribution in [3.63, 3.8) is 0 Å². The topological polar surface area (TPSA) is 84.7 Å². The number of ketones is 1. The Balaban J connectivity index is 1.70. The molecule has 2 aromatic heterocycles. The number of hydrogen-bond donors (Lipinski definition) is 1. The first-order valence-electron chi connectivity index (χ1n) is 9.62. The second-order valence-electron chi connectivity index (χ2n) is 7.01. The zero-order valence-corrected chi connectivity index (χ0v) is 17.5. The van der Waals surface area contributed by atoms with Crippen molar-refractivity contribution in [2.75, 3.05) is 13.7 Å². The molecular weight excluding hydrogens is 421 g/mol. The number of imidazole rings is 1. The standard InChI is InChI=1S/C22H20FN3O4S/c1-30-16-6-5-14(12-15(16)23)20(27)18-19(17-4-2-11-31-17)26(22(29)21(18)28)9-3-8-25-10-7-24-13-25/h2,4-7,10-13,19,27H,3,8-9H2,1H3/b20-18+/t19-/m0/s1. The van der Waals surface area contributed by atoms with Gasteiger partial charge in [0.25, 0.3) is 11.7 Å². The summed E-state index contributed by atoms with van der Waals surface area (Å²) in [6, 6.07) is 6.81. The van der Waals surface area contributed by atoms with Gasteiger partial charge < -0.3 is 19.3 Å². The summed E-state index contributed by atoms with van der Waals surface area (Å²) in [4.78, 5) is 31.9. The highest BCUT2D eigenvalue weighted by Gasteiger charge is 2.46. The molecule has 1 N–H and O–H groups in total. The molecule has 0 aliphatic carbocycles. The third-order valence-corrected chi connectivity index (χ3v) is 6.08. The van der Waals surface area contributed by atoms with Crippen LogP contribution in [-0.4, -0.2) is 44.9 Å². The Morgan fingerprint density at radius 3 is 2.77 bits per heavy atom. The molecule has 1 aliphatic heterocycles. The SMILES string of the molecule is COc1ccc(/C(O)=C2\C(=O)C(=O)N(CCCn3ccnc3)[C@H]2c2cccs2)cc1F. The summed E-state index contributed by atoms with van der Waals surface area (Å²) in [6.07, 6.45) is 5.78. The van der Waals surface area contributed by atoms with Gasteiger partial charge in [0, 0.05) is 35.9 Å². The second-order valence-corrected chi connectivity index (χ2v) is 7.99. The van der Waals surface area contributed by atoms with Crippen molar-refractivity contribution in [2.24, 2.45) is 0 Å². The molecule has 7 nitrogen and oxygen atoms in total. The van der Waals surface area contributed by atoms with Crippen molar-refractivity contribution in [1.82, 2.24) is 14.5 Å². The minimum Gasteiger partial charge on any atom is -0.507 e. The number of nitrogens with zero attached hydrogens (tertiary/aromatic N) is 3. The number of aliphatic hydroxyl groups excluding tert-OH is 1. The van der Waals surface area contributed by atoms with Crippen LogP contribution >= 0.6 is 11.3 Å². The molecular formula is C22H20FN3O4S. The molecule has 0 radical (unpaired) electrons. The number of rotatable bonds is 7. The molecule has 1 amide bonds. The molecule has 1 saturated heterocycles. The van der Waals surface area contributed by atoms with Crippen LogP contribution in [0.5, 0.6) is 5.75 Å². The highest BCUT2D eigenvalue weighted by atomic mass is 32.1. The molecule has 1 fully saturated rings. The van der Waals surface area contributed by atoms with Gasteiger partial charge in [-0.15, -0.1) is 11.3 Å². The monoisotopic (exact) mass is 441 g/mol. The smallest absolute Gasteiger partial charge is 0.295 e. The van der Waals surface area contributed by atoms with Crippen LogP contribution in [0, 0.1) is 5.82 Å². The number of likely N-dealkylation sites (tertiary alicyclic amines) is 1. The molecule has 3 heterocycles. The number of carbonyl (C=O) groups is 2. The van der Waals surface area contributed by atoms with Gasteiger partial charge in [-0.3, -0.25) is 9.59 Å². The summed E-state index contributed by atoms with van der Waals surface area (Å²) >= 11 is 1.38. The van der Waals surface area contributed by atoms with Crippen LogP contribution in [0.1, 0.15) is 22.9 Å². The predicted octanol–water partition coefficient (Wildman–Crippen LogP) is 3.60. The summed E-state index contributed by atoms with van der Waals surface area (Å²) in [5.74, 6) is -2.52. The Morgan fingerprint density at radius 2 is 2.13 bits per heavy atom. The molecule has 0 bridgehead atoms. The first-order chi connectivity index (χ1) is 15.0. The number of methoxy groups -OCH3 is 1. The van der Waals surface area contributed by atoms with Gasteiger partial charge in [-0.1, -0.05) is 6.07 Å². The molecule has 4 rings (SSSR count). The maximum Gasteiger partial charge on any atom is 0.295 e. The maximum atomic E-state index is 14.2. The van der Waals surface area contributed by atoms with Crippen molar-refractivity contribution in [3.05, 3.63) is 76.3 Å². The minimum atomic E-state index is -0.783. The molecule has 1 aliphatic rings. The fourth-order valence-corrected chi connectivity index (χ4v) is 4.51. The average Bonchev–Trinajstić information content (AvgIpc) is 3.52. The quantitative estimate of drug-likeness (QED) is 0.344. The van der Waals surface area contributed by atoms with Gasteiger partial charge in [0.15, 0.2) is 11.6 Å². The summed E-state index contributed by atoms with van der Waals surface area (Å²) < 4.78 is 21.0. The van der Waals surface area contributed by atoms with E-state index < -0.39 is 29.3 Å². The molecule has 0 unspecified atom stereocenters. The van der Waals surface area contributed by atoms with E-state index in [-0.39, 0.29) is 16.9 Å². The second kappa shape index (κ2) is 8.73. The highest BCUT2D eigenvalue weighted by molar-refractivity contribution is 7.10. The number of carbonyl (C=O) groups excluding carboxylic acids is 2. The van der Waals surface area contributed by atoms with E-state index in [2.05, 4.69) is 4.98 Å². The van der Waals surface area contributed by atoms with E-state index in [4.69, 9.17) is 4.74 Å². The Kier molecular flexibility index (Phi) is 5.85. The number of amides is 1. The zero-order valence-electron chi connectivity index (χ0n) is 16.7. The number of aryl methyl sites for hydroxylation is 1. The van der Waals surface area contributed by atoms with Crippen molar-refractivity contribution in [2.45, 2.75) is 19.0 Å². The number of halogens is 1. The molecule has 31 heavy (non-hydrogen) atoms. The summed E-state index contributed by atoms with van der Waals surface area (Å²) in [6.45, 7) is 0.947. The Bertz CT molecular complexity index is 1130. The van der Waals surface area contributed by atoms with E-state index in [1.165, 1.54) is 35.5 Å². The number of Topliss-reactive ketones (excluding diaryl/α,β-unsaturated/α-hetero) is 1. The maximum absolute atomic E-state index is 14.2. The summed E-state index contributed by atoms with van der Waals surface area (Å²) in [5, 5.41) is 12.8. The van der Waals surface area contributed by atoms with Gasteiger partial charge >= 0.3 is 0 Å². The Morgan fingerprint density at radius 1 is 1.29 bits per heavy atom. The van der Waals surface area contributed by atoms with Crippen LogP contribution in [0.25, 0.3) is 5.76 Å². The van der Waals surface area contributed by atoms with E-state index in [0.29, 0.717) is 19.5 Å². The zero-order chi connectivity index (χ0) is 22.0. The molecule has 0 spiro atoms. The predicted molar refractivity (Wildman–Crippen MR) is 113 cm³/mol. The van der Waals surface area contributed by atoms with Crippen molar-refractivity contribution >= 4 is 28.8 Å². The average molecular weight is 441 g/mol. The number of thiophene rings is 1. The van der Waals surface area contributed by atoms with Crippen LogP contribution in [0.3, 0.4) is 0 Å². The lowest BCUT2D eigenvalue weighted by Gasteiger charge is -2.24. The van der Waals surface area contributed by atoms with Gasteiger partial charge in [-0.2, -0.15) is 0 Å². The number of benzene rings is 1. The van der Waals surface area contributed by atoms with Crippen molar-refractivity contribution < 1.29 is 23.8 Å². The van der Waals surface area contributed by atoms with Gasteiger partial charge in [0.2, 0.25) is 0 Å². The largest absolute Gasteiger partial charge is 0.507 e. The van der Waals surface area contributed by atoms with E-state index in [0.717, 1.165) is 10.9 Å². The number of hydrogen-bond acceptors (Lipinski definition) is 6. The molecule has 9 heteroatoms. The van der Waals surface area contributed by atoms with Crippen LogP contribution in [-0.2, 0) is 16.1 Å². The molecule has 3 aromatic rings. The van der Waals surface area contributed by atoms with Crippen LogP contribution < -0.4 is 4.74 Å². The summed E-state index contributed by atoms with van der Waals surface area (Å²) in [5.41, 5.74) is 0.0657. The number of aliphatic hydroxyl groups is 1. The van der Waals surface area contributed by atoms with Crippen molar-refractivity contribution in [3.8, 4) is 5.75 Å². The highest BCUT2D eigenvalue weighted by Crippen LogP contribution is 2.41. The van der Waals surface area contributed by atoms with Crippen molar-refractivity contribution in [1.29, 1.82) is 0 Å². The fraction of sp³-hybridized carbons (Fsp3) is 0.227. The van der Waals surface area contributed by atoms with E-state index in [1.807, 2.05) is 28.3 Å². The fourth-order valence-electron chi connectivity index (χ4n) is 3.67. The van der Waals surface area contributed by atoms with Crippen LogP contribution in [0.2, 0.25) is 0 Å².